The number of hydrogen-bond acceptors (Lipinski definition) is 4. The Bertz CT molecular complexity index is 862. The Labute approximate surface area is 152 Å². The molecule has 5 nitrogen and oxygen atoms in total. The molecule has 130 valence electrons. The lowest BCUT2D eigenvalue weighted by Crippen LogP contribution is -2.19. The van der Waals surface area contributed by atoms with Gasteiger partial charge < -0.3 is 0 Å². The molecule has 0 aliphatic rings. The van der Waals surface area contributed by atoms with Crippen LogP contribution in [0.5, 0.6) is 0 Å². The largest absolute Gasteiger partial charge is 0.264 e. The summed E-state index contributed by atoms with van der Waals surface area (Å²) in [4.78, 5) is 0.00962. The van der Waals surface area contributed by atoms with Crippen LogP contribution >= 0.6 is 23.2 Å². The Morgan fingerprint density at radius 2 is 1.83 bits per heavy atom. The van der Waals surface area contributed by atoms with Gasteiger partial charge in [0.2, 0.25) is 0 Å². The quantitative estimate of drug-likeness (QED) is 0.840. The van der Waals surface area contributed by atoms with Crippen LogP contribution in [0.25, 0.3) is 0 Å². The summed E-state index contributed by atoms with van der Waals surface area (Å²) in [5, 5.41) is 7.96. The second-order valence-electron chi connectivity index (χ2n) is 6.37. The first-order chi connectivity index (χ1) is 11.1. The van der Waals surface area contributed by atoms with Crippen molar-refractivity contribution >= 4 is 39.0 Å². The highest BCUT2D eigenvalue weighted by atomic mass is 35.5. The average Bonchev–Trinajstić information content (AvgIpc) is 2.47. The van der Waals surface area contributed by atoms with E-state index in [1.165, 1.54) is 6.07 Å². The number of anilines is 1. The molecule has 2 rings (SSSR count). The first-order valence-electron chi connectivity index (χ1n) is 7.40. The Balaban J connectivity index is 2.50. The maximum absolute atomic E-state index is 12.8. The van der Waals surface area contributed by atoms with E-state index < -0.39 is 10.0 Å². The molecule has 0 radical (unpaired) electrons. The molecule has 0 saturated carbocycles. The molecule has 24 heavy (non-hydrogen) atoms. The molecule has 1 aromatic carbocycles. The minimum absolute atomic E-state index is 0.00962. The van der Waals surface area contributed by atoms with Gasteiger partial charge in [-0.15, -0.1) is 10.2 Å². The minimum Gasteiger partial charge on any atom is -0.262 e. The number of sulfonamides is 1. The maximum Gasteiger partial charge on any atom is 0.264 e. The zero-order chi connectivity index (χ0) is 18.1. The van der Waals surface area contributed by atoms with Gasteiger partial charge in [0.05, 0.1) is 5.02 Å². The molecule has 1 aromatic heterocycles. The lowest BCUT2D eigenvalue weighted by atomic mass is 9.87. The van der Waals surface area contributed by atoms with E-state index in [-0.39, 0.29) is 26.3 Å². The van der Waals surface area contributed by atoms with Crippen molar-refractivity contribution in [3.63, 3.8) is 0 Å². The molecule has 0 fully saturated rings. The summed E-state index contributed by atoms with van der Waals surface area (Å²) in [6.45, 7) is 7.78. The molecule has 0 atom stereocenters. The highest BCUT2D eigenvalue weighted by molar-refractivity contribution is 7.92. The first-order valence-corrected chi connectivity index (χ1v) is 9.64. The van der Waals surface area contributed by atoms with Gasteiger partial charge in [-0.3, -0.25) is 4.72 Å². The molecule has 0 unspecified atom stereocenters. The van der Waals surface area contributed by atoms with Gasteiger partial charge in [-0.05, 0) is 29.5 Å². The zero-order valence-electron chi connectivity index (χ0n) is 13.9. The molecule has 0 spiro atoms. The fourth-order valence-electron chi connectivity index (χ4n) is 2.24. The van der Waals surface area contributed by atoms with Crippen LogP contribution in [-0.2, 0) is 21.9 Å². The van der Waals surface area contributed by atoms with Gasteiger partial charge in [-0.25, -0.2) is 8.42 Å². The van der Waals surface area contributed by atoms with E-state index in [0.717, 1.165) is 5.56 Å². The van der Waals surface area contributed by atoms with Crippen LogP contribution in [0.1, 0.15) is 38.8 Å². The number of halogens is 2. The van der Waals surface area contributed by atoms with E-state index >= 15 is 0 Å². The van der Waals surface area contributed by atoms with Gasteiger partial charge >= 0.3 is 0 Å². The van der Waals surface area contributed by atoms with Gasteiger partial charge in [0, 0.05) is 5.56 Å². The summed E-state index contributed by atoms with van der Waals surface area (Å²) in [7, 11) is -3.90. The molecule has 0 amide bonds. The van der Waals surface area contributed by atoms with E-state index in [9.17, 15) is 8.42 Å². The maximum atomic E-state index is 12.8. The zero-order valence-corrected chi connectivity index (χ0v) is 16.2. The van der Waals surface area contributed by atoms with Crippen molar-refractivity contribution in [3.05, 3.63) is 45.6 Å². The molecule has 0 bridgehead atoms. The summed E-state index contributed by atoms with van der Waals surface area (Å²) < 4.78 is 28.0. The molecule has 0 saturated heterocycles. The van der Waals surface area contributed by atoms with Gasteiger partial charge in [0.25, 0.3) is 10.0 Å². The Morgan fingerprint density at radius 1 is 1.17 bits per heavy atom. The topological polar surface area (TPSA) is 72.0 Å². The SMILES string of the molecule is CCc1cc(Cl)nnc1NS(=O)(=O)c1cccc(C(C)(C)C)c1Cl. The van der Waals surface area contributed by atoms with Gasteiger partial charge in [0.1, 0.15) is 4.90 Å². The van der Waals surface area contributed by atoms with Crippen molar-refractivity contribution in [2.75, 3.05) is 4.72 Å². The van der Waals surface area contributed by atoms with E-state index in [1.807, 2.05) is 33.8 Å². The Kier molecular flexibility index (Phi) is 5.42. The predicted octanol–water partition coefficient (Wildman–Crippen LogP) is 4.44. The summed E-state index contributed by atoms with van der Waals surface area (Å²) in [6.07, 6.45) is 0.558. The highest BCUT2D eigenvalue weighted by Gasteiger charge is 2.26. The van der Waals surface area contributed by atoms with Crippen LogP contribution in [0.3, 0.4) is 0 Å². The average molecular weight is 388 g/mol. The monoisotopic (exact) mass is 387 g/mol. The van der Waals surface area contributed by atoms with Crippen molar-refractivity contribution in [2.24, 2.45) is 0 Å². The van der Waals surface area contributed by atoms with E-state index in [2.05, 4.69) is 14.9 Å². The molecular formula is C16H19Cl2N3O2S. The number of aryl methyl sites for hydroxylation is 1. The summed E-state index contributed by atoms with van der Waals surface area (Å²) >= 11 is 12.2. The van der Waals surface area contributed by atoms with E-state index in [4.69, 9.17) is 23.2 Å². The lowest BCUT2D eigenvalue weighted by molar-refractivity contribution is 0.585. The molecule has 1 heterocycles. The second-order valence-corrected chi connectivity index (χ2v) is 8.78. The third-order valence-electron chi connectivity index (χ3n) is 3.52. The number of rotatable bonds is 4. The van der Waals surface area contributed by atoms with Crippen LogP contribution in [0.4, 0.5) is 5.82 Å². The van der Waals surface area contributed by atoms with Crippen LogP contribution in [0, 0.1) is 0 Å². The summed E-state index contributed by atoms with van der Waals surface area (Å²) in [6, 6.07) is 6.55. The van der Waals surface area contributed by atoms with Crippen LogP contribution < -0.4 is 4.72 Å². The summed E-state index contributed by atoms with van der Waals surface area (Å²) in [5.74, 6) is 0.152. The molecular weight excluding hydrogens is 369 g/mol. The Hall–Kier alpha value is -1.37. The van der Waals surface area contributed by atoms with Crippen LogP contribution in [0.2, 0.25) is 10.2 Å². The van der Waals surface area contributed by atoms with Crippen molar-refractivity contribution in [1.82, 2.24) is 10.2 Å². The number of aromatic nitrogens is 2. The van der Waals surface area contributed by atoms with Crippen LogP contribution in [0.15, 0.2) is 29.2 Å². The predicted molar refractivity (Wildman–Crippen MR) is 97.4 cm³/mol. The van der Waals surface area contributed by atoms with E-state index in [0.29, 0.717) is 12.0 Å². The highest BCUT2D eigenvalue weighted by Crippen LogP contribution is 2.34. The third-order valence-corrected chi connectivity index (χ3v) is 5.60. The van der Waals surface area contributed by atoms with Crippen molar-refractivity contribution in [1.29, 1.82) is 0 Å². The fraction of sp³-hybridized carbons (Fsp3) is 0.375. The molecule has 1 N–H and O–H groups in total. The second kappa shape index (κ2) is 6.86. The van der Waals surface area contributed by atoms with Crippen molar-refractivity contribution in [3.8, 4) is 0 Å². The van der Waals surface area contributed by atoms with Crippen molar-refractivity contribution in [2.45, 2.75) is 44.4 Å². The fourth-order valence-corrected chi connectivity index (χ4v) is 4.26. The number of benzene rings is 1. The molecule has 0 aliphatic carbocycles. The molecule has 0 aliphatic heterocycles. The van der Waals surface area contributed by atoms with Gasteiger partial charge in [0.15, 0.2) is 11.0 Å². The smallest absolute Gasteiger partial charge is 0.262 e. The molecule has 8 heteroatoms. The van der Waals surface area contributed by atoms with Gasteiger partial charge in [-0.1, -0.05) is 63.0 Å². The van der Waals surface area contributed by atoms with E-state index in [1.54, 1.807) is 12.1 Å². The summed E-state index contributed by atoms with van der Waals surface area (Å²) in [5.41, 5.74) is 1.13. The number of nitrogens with one attached hydrogen (secondary N) is 1. The normalized spacial score (nSPS) is 12.2. The minimum atomic E-state index is -3.90. The van der Waals surface area contributed by atoms with Crippen LogP contribution in [-0.4, -0.2) is 18.6 Å². The first kappa shape index (κ1) is 19.0. The number of nitrogens with zero attached hydrogens (tertiary/aromatic N) is 2. The van der Waals surface area contributed by atoms with Crippen molar-refractivity contribution < 1.29 is 8.42 Å². The Morgan fingerprint density at radius 3 is 2.42 bits per heavy atom. The third kappa shape index (κ3) is 3.99. The standard InChI is InChI=1S/C16H19Cl2N3O2S/c1-5-10-9-13(17)19-20-15(10)21-24(22,23)12-8-6-7-11(14(12)18)16(2,3)4/h6-9H,5H2,1-4H3,(H,20,21). The number of hydrogen-bond donors (Lipinski definition) is 1. The molecule has 2 aromatic rings. The van der Waals surface area contributed by atoms with Gasteiger partial charge in [-0.2, -0.15) is 0 Å². The lowest BCUT2D eigenvalue weighted by Gasteiger charge is -2.22.